The third-order valence-corrected chi connectivity index (χ3v) is 2.00. The van der Waals surface area contributed by atoms with E-state index in [0.717, 1.165) is 16.8 Å². The number of aromatic nitrogens is 2. The SMILES string of the molecule is COCCn1nc(C)cc1Br. The first-order valence-corrected chi connectivity index (χ1v) is 4.22. The van der Waals surface area contributed by atoms with Crippen molar-refractivity contribution in [2.24, 2.45) is 0 Å². The Morgan fingerprint density at radius 3 is 2.91 bits per heavy atom. The fourth-order valence-electron chi connectivity index (χ4n) is 0.848. The summed E-state index contributed by atoms with van der Waals surface area (Å²) in [7, 11) is 1.68. The number of ether oxygens (including phenoxy) is 1. The number of halogens is 1. The van der Waals surface area contributed by atoms with Gasteiger partial charge in [-0.05, 0) is 28.9 Å². The lowest BCUT2D eigenvalue weighted by Gasteiger charge is -2.00. The smallest absolute Gasteiger partial charge is 0.104 e. The maximum atomic E-state index is 4.93. The van der Waals surface area contributed by atoms with E-state index in [4.69, 9.17) is 4.74 Å². The highest BCUT2D eigenvalue weighted by atomic mass is 79.9. The Hall–Kier alpha value is -0.350. The molecule has 3 nitrogen and oxygen atoms in total. The van der Waals surface area contributed by atoms with E-state index < -0.39 is 0 Å². The van der Waals surface area contributed by atoms with Gasteiger partial charge in [-0.1, -0.05) is 0 Å². The molecule has 1 aromatic rings. The summed E-state index contributed by atoms with van der Waals surface area (Å²) in [6.45, 7) is 3.46. The molecule has 0 fully saturated rings. The van der Waals surface area contributed by atoms with Crippen molar-refractivity contribution in [2.45, 2.75) is 13.5 Å². The van der Waals surface area contributed by atoms with Gasteiger partial charge in [0.15, 0.2) is 0 Å². The average Bonchev–Trinajstić information content (AvgIpc) is 2.26. The second-order valence-electron chi connectivity index (χ2n) is 2.32. The molecule has 0 N–H and O–H groups in total. The molecule has 1 heterocycles. The van der Waals surface area contributed by atoms with Gasteiger partial charge in [0.05, 0.1) is 18.8 Å². The Kier molecular flexibility index (Phi) is 3.08. The van der Waals surface area contributed by atoms with Crippen molar-refractivity contribution in [2.75, 3.05) is 13.7 Å². The summed E-state index contributed by atoms with van der Waals surface area (Å²) in [5, 5.41) is 4.24. The van der Waals surface area contributed by atoms with Crippen LogP contribution in [0.2, 0.25) is 0 Å². The molecule has 0 bridgehead atoms. The van der Waals surface area contributed by atoms with E-state index in [1.807, 2.05) is 17.7 Å². The molecule has 0 aromatic carbocycles. The van der Waals surface area contributed by atoms with Crippen molar-refractivity contribution < 1.29 is 4.74 Å². The third kappa shape index (κ3) is 2.31. The van der Waals surface area contributed by atoms with Gasteiger partial charge in [-0.3, -0.25) is 4.68 Å². The standard InChI is InChI=1S/C7H11BrN2O/c1-6-5-7(8)10(9-6)3-4-11-2/h5H,3-4H2,1-2H3. The molecular formula is C7H11BrN2O. The second kappa shape index (κ2) is 3.88. The highest BCUT2D eigenvalue weighted by molar-refractivity contribution is 9.10. The Morgan fingerprint density at radius 1 is 1.73 bits per heavy atom. The summed E-state index contributed by atoms with van der Waals surface area (Å²) in [6.07, 6.45) is 0. The number of aryl methyl sites for hydroxylation is 1. The first-order chi connectivity index (χ1) is 5.24. The highest BCUT2D eigenvalue weighted by Crippen LogP contribution is 2.10. The monoisotopic (exact) mass is 218 g/mol. The van der Waals surface area contributed by atoms with Gasteiger partial charge >= 0.3 is 0 Å². The van der Waals surface area contributed by atoms with E-state index in [9.17, 15) is 0 Å². The molecule has 1 rings (SSSR count). The van der Waals surface area contributed by atoms with E-state index in [1.165, 1.54) is 0 Å². The number of hydrogen-bond donors (Lipinski definition) is 0. The predicted octanol–water partition coefficient (Wildman–Crippen LogP) is 1.60. The van der Waals surface area contributed by atoms with Gasteiger partial charge in [0.25, 0.3) is 0 Å². The van der Waals surface area contributed by atoms with Gasteiger partial charge in [0.1, 0.15) is 4.60 Å². The van der Waals surface area contributed by atoms with Crippen LogP contribution in [0.3, 0.4) is 0 Å². The molecule has 0 saturated heterocycles. The molecule has 0 aliphatic carbocycles. The number of rotatable bonds is 3. The molecule has 0 atom stereocenters. The third-order valence-electron chi connectivity index (χ3n) is 1.36. The number of hydrogen-bond acceptors (Lipinski definition) is 2. The lowest BCUT2D eigenvalue weighted by atomic mass is 10.5. The van der Waals surface area contributed by atoms with Gasteiger partial charge in [-0.25, -0.2) is 0 Å². The molecule has 4 heteroatoms. The number of nitrogens with zero attached hydrogens (tertiary/aromatic N) is 2. The molecule has 11 heavy (non-hydrogen) atoms. The van der Waals surface area contributed by atoms with Crippen LogP contribution in [0, 0.1) is 6.92 Å². The van der Waals surface area contributed by atoms with Crippen LogP contribution < -0.4 is 0 Å². The van der Waals surface area contributed by atoms with E-state index in [-0.39, 0.29) is 0 Å². The zero-order valence-electron chi connectivity index (χ0n) is 6.67. The fourth-order valence-corrected chi connectivity index (χ4v) is 1.44. The lowest BCUT2D eigenvalue weighted by Crippen LogP contribution is -2.05. The largest absolute Gasteiger partial charge is 0.383 e. The van der Waals surface area contributed by atoms with Gasteiger partial charge < -0.3 is 4.74 Å². The zero-order valence-corrected chi connectivity index (χ0v) is 8.26. The molecule has 0 spiro atoms. The summed E-state index contributed by atoms with van der Waals surface area (Å²) >= 11 is 3.39. The van der Waals surface area contributed by atoms with E-state index in [1.54, 1.807) is 7.11 Å². The molecular weight excluding hydrogens is 208 g/mol. The van der Waals surface area contributed by atoms with E-state index in [2.05, 4.69) is 21.0 Å². The normalized spacial score (nSPS) is 10.5. The van der Waals surface area contributed by atoms with E-state index in [0.29, 0.717) is 6.61 Å². The summed E-state index contributed by atoms with van der Waals surface area (Å²) in [5.74, 6) is 0. The quantitative estimate of drug-likeness (QED) is 0.771. The topological polar surface area (TPSA) is 27.1 Å². The lowest BCUT2D eigenvalue weighted by molar-refractivity contribution is 0.182. The minimum Gasteiger partial charge on any atom is -0.383 e. The fraction of sp³-hybridized carbons (Fsp3) is 0.571. The number of methoxy groups -OCH3 is 1. The zero-order chi connectivity index (χ0) is 8.27. The van der Waals surface area contributed by atoms with Crippen LogP contribution in [0.4, 0.5) is 0 Å². The maximum Gasteiger partial charge on any atom is 0.104 e. The average molecular weight is 219 g/mol. The van der Waals surface area contributed by atoms with Crippen LogP contribution in [0.15, 0.2) is 10.7 Å². The van der Waals surface area contributed by atoms with Crippen molar-refractivity contribution in [3.8, 4) is 0 Å². The van der Waals surface area contributed by atoms with Crippen molar-refractivity contribution >= 4 is 15.9 Å². The van der Waals surface area contributed by atoms with Crippen LogP contribution in [0.1, 0.15) is 5.69 Å². The van der Waals surface area contributed by atoms with Crippen LogP contribution in [0.5, 0.6) is 0 Å². The maximum absolute atomic E-state index is 4.93. The molecule has 0 saturated carbocycles. The minimum absolute atomic E-state index is 0.694. The van der Waals surface area contributed by atoms with E-state index >= 15 is 0 Å². The van der Waals surface area contributed by atoms with Crippen LogP contribution in [-0.4, -0.2) is 23.5 Å². The van der Waals surface area contributed by atoms with Crippen molar-refractivity contribution in [1.29, 1.82) is 0 Å². The van der Waals surface area contributed by atoms with Gasteiger partial charge in [0.2, 0.25) is 0 Å². The summed E-state index contributed by atoms with van der Waals surface area (Å²) in [5.41, 5.74) is 1.02. The summed E-state index contributed by atoms with van der Waals surface area (Å²) in [6, 6.07) is 1.98. The molecule has 0 radical (unpaired) electrons. The molecule has 0 aliphatic rings. The Labute approximate surface area is 74.5 Å². The molecule has 0 unspecified atom stereocenters. The molecule has 0 aliphatic heterocycles. The molecule has 62 valence electrons. The first kappa shape index (κ1) is 8.74. The molecule has 1 aromatic heterocycles. The van der Waals surface area contributed by atoms with Gasteiger partial charge in [-0.2, -0.15) is 5.10 Å². The summed E-state index contributed by atoms with van der Waals surface area (Å²) in [4.78, 5) is 0. The van der Waals surface area contributed by atoms with Gasteiger partial charge in [-0.15, -0.1) is 0 Å². The second-order valence-corrected chi connectivity index (χ2v) is 3.14. The Morgan fingerprint density at radius 2 is 2.45 bits per heavy atom. The van der Waals surface area contributed by atoms with Crippen molar-refractivity contribution in [3.63, 3.8) is 0 Å². The van der Waals surface area contributed by atoms with Crippen LogP contribution >= 0.6 is 15.9 Å². The van der Waals surface area contributed by atoms with Crippen LogP contribution in [0.25, 0.3) is 0 Å². The van der Waals surface area contributed by atoms with Crippen molar-refractivity contribution in [1.82, 2.24) is 9.78 Å². The highest BCUT2D eigenvalue weighted by Gasteiger charge is 1.99. The summed E-state index contributed by atoms with van der Waals surface area (Å²) < 4.78 is 7.81. The minimum atomic E-state index is 0.694. The van der Waals surface area contributed by atoms with Crippen LogP contribution in [-0.2, 0) is 11.3 Å². The predicted molar refractivity (Wildman–Crippen MR) is 46.5 cm³/mol. The van der Waals surface area contributed by atoms with Crippen molar-refractivity contribution in [3.05, 3.63) is 16.4 Å². The Balaban J connectivity index is 2.62. The molecule has 0 amide bonds. The van der Waals surface area contributed by atoms with Gasteiger partial charge in [0, 0.05) is 7.11 Å². The Bertz CT molecular complexity index is 234. The first-order valence-electron chi connectivity index (χ1n) is 3.43.